The second kappa shape index (κ2) is 6.82. The lowest BCUT2D eigenvalue weighted by Gasteiger charge is -2.12. The SMILES string of the molecule is O=C(NCP(=O)(O)c1ccc([N+](=O)[O-])cc1)C(=O)c1cccs1. The Kier molecular flexibility index (Phi) is 5.05. The number of nitro benzene ring substituents is 1. The molecule has 2 rings (SSSR count). The molecule has 0 aliphatic heterocycles. The quantitative estimate of drug-likeness (QED) is 0.266. The molecule has 1 aromatic heterocycles. The van der Waals surface area contributed by atoms with E-state index in [1.807, 2.05) is 0 Å². The third kappa shape index (κ3) is 4.10. The number of nitrogens with one attached hydrogen (secondary N) is 1. The van der Waals surface area contributed by atoms with Crippen LogP contribution in [0.1, 0.15) is 9.67 Å². The highest BCUT2D eigenvalue weighted by Gasteiger charge is 2.25. The summed E-state index contributed by atoms with van der Waals surface area (Å²) < 4.78 is 12.2. The van der Waals surface area contributed by atoms with Crippen LogP contribution in [-0.2, 0) is 9.36 Å². The van der Waals surface area contributed by atoms with Gasteiger partial charge in [-0.2, -0.15) is 0 Å². The lowest BCUT2D eigenvalue weighted by molar-refractivity contribution is -0.384. The molecule has 120 valence electrons. The highest BCUT2D eigenvalue weighted by Crippen LogP contribution is 2.37. The number of nitro groups is 1. The number of hydrogen-bond donors (Lipinski definition) is 2. The maximum absolute atomic E-state index is 12.2. The van der Waals surface area contributed by atoms with Gasteiger partial charge >= 0.3 is 0 Å². The van der Waals surface area contributed by atoms with Gasteiger partial charge in [-0.3, -0.25) is 24.3 Å². The number of hydrogen-bond acceptors (Lipinski definition) is 6. The zero-order valence-corrected chi connectivity index (χ0v) is 13.3. The number of Topliss-reactive ketones (excluding diaryl/α,β-unsaturated/α-hetero) is 1. The van der Waals surface area contributed by atoms with Gasteiger partial charge in [0.2, 0.25) is 7.37 Å². The van der Waals surface area contributed by atoms with E-state index in [0.29, 0.717) is 0 Å². The molecule has 1 atom stereocenters. The first-order chi connectivity index (χ1) is 10.8. The zero-order valence-electron chi connectivity index (χ0n) is 11.5. The summed E-state index contributed by atoms with van der Waals surface area (Å²) in [6, 6.07) is 7.56. The van der Waals surface area contributed by atoms with Crippen molar-refractivity contribution in [3.8, 4) is 0 Å². The van der Waals surface area contributed by atoms with E-state index < -0.39 is 30.3 Å². The van der Waals surface area contributed by atoms with Crippen LogP contribution in [0.25, 0.3) is 0 Å². The first-order valence-corrected chi connectivity index (χ1v) is 8.96. The zero-order chi connectivity index (χ0) is 17.0. The number of ketones is 1. The number of rotatable bonds is 6. The van der Waals surface area contributed by atoms with E-state index in [0.717, 1.165) is 35.6 Å². The van der Waals surface area contributed by atoms with Gasteiger partial charge in [-0.25, -0.2) is 0 Å². The third-order valence-electron chi connectivity index (χ3n) is 2.87. The summed E-state index contributed by atoms with van der Waals surface area (Å²) in [6.07, 6.45) is -0.638. The lowest BCUT2D eigenvalue weighted by atomic mass is 10.3. The minimum Gasteiger partial charge on any atom is -0.340 e. The number of benzene rings is 1. The summed E-state index contributed by atoms with van der Waals surface area (Å²) in [5, 5.41) is 14.2. The Labute approximate surface area is 134 Å². The van der Waals surface area contributed by atoms with Crippen molar-refractivity contribution in [2.75, 3.05) is 6.29 Å². The van der Waals surface area contributed by atoms with Gasteiger partial charge < -0.3 is 10.2 Å². The van der Waals surface area contributed by atoms with E-state index in [9.17, 15) is 29.2 Å². The second-order valence-electron chi connectivity index (χ2n) is 4.45. The smallest absolute Gasteiger partial charge is 0.293 e. The fourth-order valence-electron chi connectivity index (χ4n) is 1.68. The van der Waals surface area contributed by atoms with E-state index in [1.54, 1.807) is 11.4 Å². The molecule has 10 heteroatoms. The molecule has 0 aliphatic carbocycles. The lowest BCUT2D eigenvalue weighted by Crippen LogP contribution is -2.32. The maximum atomic E-state index is 12.2. The summed E-state index contributed by atoms with van der Waals surface area (Å²) in [4.78, 5) is 43.5. The largest absolute Gasteiger partial charge is 0.340 e. The number of carbonyl (C=O) groups is 2. The Hall–Kier alpha value is -2.35. The predicted molar refractivity (Wildman–Crippen MR) is 84.2 cm³/mol. The molecule has 1 amide bonds. The molecule has 0 aliphatic rings. The summed E-state index contributed by atoms with van der Waals surface area (Å²) in [6.45, 7) is 0. The molecule has 0 fully saturated rings. The Balaban J connectivity index is 2.03. The van der Waals surface area contributed by atoms with Gasteiger partial charge in [-0.1, -0.05) is 6.07 Å². The standard InChI is InChI=1S/C13H11N2O6PS/c16-12(11-2-1-7-23-11)13(17)14-8-22(20,21)10-5-3-9(4-6-10)15(18)19/h1-7H,8H2,(H,14,17)(H,20,21). The molecule has 0 saturated heterocycles. The van der Waals surface area contributed by atoms with Gasteiger partial charge in [0.25, 0.3) is 17.4 Å². The first kappa shape index (κ1) is 17.0. The van der Waals surface area contributed by atoms with Gasteiger partial charge in [0, 0.05) is 17.4 Å². The van der Waals surface area contributed by atoms with E-state index in [1.165, 1.54) is 6.07 Å². The van der Waals surface area contributed by atoms with Crippen molar-refractivity contribution in [2.45, 2.75) is 0 Å². The van der Waals surface area contributed by atoms with Gasteiger partial charge in [-0.05, 0) is 23.6 Å². The molecule has 0 radical (unpaired) electrons. The second-order valence-corrected chi connectivity index (χ2v) is 7.63. The van der Waals surface area contributed by atoms with Gasteiger partial charge in [0.15, 0.2) is 0 Å². The van der Waals surface area contributed by atoms with Gasteiger partial charge in [0.1, 0.15) is 0 Å². The van der Waals surface area contributed by atoms with Crippen molar-refractivity contribution in [3.63, 3.8) is 0 Å². The van der Waals surface area contributed by atoms with Crippen LogP contribution >= 0.6 is 18.7 Å². The number of thiophene rings is 1. The number of amides is 1. The average Bonchev–Trinajstić information content (AvgIpc) is 3.06. The van der Waals surface area contributed by atoms with Gasteiger partial charge in [-0.15, -0.1) is 11.3 Å². The number of carbonyl (C=O) groups excluding carboxylic acids is 2. The van der Waals surface area contributed by atoms with Crippen molar-refractivity contribution >= 4 is 41.4 Å². The van der Waals surface area contributed by atoms with Crippen LogP contribution in [0.4, 0.5) is 5.69 Å². The Morgan fingerprint density at radius 1 is 1.26 bits per heavy atom. The van der Waals surface area contributed by atoms with E-state index in [4.69, 9.17) is 0 Å². The average molecular weight is 354 g/mol. The van der Waals surface area contributed by atoms with Crippen LogP contribution < -0.4 is 10.6 Å². The van der Waals surface area contributed by atoms with Crippen LogP contribution in [0, 0.1) is 10.1 Å². The minimum atomic E-state index is -3.97. The summed E-state index contributed by atoms with van der Waals surface area (Å²) in [7, 11) is -3.97. The highest BCUT2D eigenvalue weighted by atomic mass is 32.1. The molecular weight excluding hydrogens is 343 g/mol. The Morgan fingerprint density at radius 3 is 2.43 bits per heavy atom. The topological polar surface area (TPSA) is 127 Å². The molecular formula is C13H11N2O6PS. The monoisotopic (exact) mass is 354 g/mol. The molecule has 1 aromatic carbocycles. The van der Waals surface area contributed by atoms with Crippen molar-refractivity contribution in [2.24, 2.45) is 0 Å². The highest BCUT2D eigenvalue weighted by molar-refractivity contribution is 7.66. The molecule has 2 N–H and O–H groups in total. The molecule has 8 nitrogen and oxygen atoms in total. The van der Waals surface area contributed by atoms with E-state index >= 15 is 0 Å². The molecule has 23 heavy (non-hydrogen) atoms. The summed E-state index contributed by atoms with van der Waals surface area (Å²) >= 11 is 1.09. The number of non-ortho nitro benzene ring substituents is 1. The van der Waals surface area contributed by atoms with Crippen LogP contribution in [0.3, 0.4) is 0 Å². The molecule has 1 unspecified atom stereocenters. The normalized spacial score (nSPS) is 13.1. The van der Waals surface area contributed by atoms with Crippen LogP contribution in [0.15, 0.2) is 41.8 Å². The third-order valence-corrected chi connectivity index (χ3v) is 5.43. The molecule has 2 aromatic rings. The fourth-order valence-corrected chi connectivity index (χ4v) is 3.49. The van der Waals surface area contributed by atoms with E-state index in [2.05, 4.69) is 5.32 Å². The van der Waals surface area contributed by atoms with Gasteiger partial charge in [0.05, 0.1) is 16.1 Å². The van der Waals surface area contributed by atoms with Crippen molar-refractivity contribution in [3.05, 3.63) is 56.8 Å². The van der Waals surface area contributed by atoms with Crippen LogP contribution in [-0.4, -0.2) is 27.8 Å². The maximum Gasteiger partial charge on any atom is 0.293 e. The minimum absolute atomic E-state index is 0.0491. The van der Waals surface area contributed by atoms with Crippen LogP contribution in [0.5, 0.6) is 0 Å². The molecule has 0 bridgehead atoms. The molecule has 0 saturated carbocycles. The van der Waals surface area contributed by atoms with Crippen LogP contribution in [0.2, 0.25) is 0 Å². The van der Waals surface area contributed by atoms with Crippen molar-refractivity contribution in [1.82, 2.24) is 5.32 Å². The van der Waals surface area contributed by atoms with Crippen molar-refractivity contribution in [1.29, 1.82) is 0 Å². The summed E-state index contributed by atoms with van der Waals surface area (Å²) in [5.74, 6) is -1.77. The van der Waals surface area contributed by atoms with E-state index in [-0.39, 0.29) is 15.9 Å². The fraction of sp³-hybridized carbons (Fsp3) is 0.0769. The Bertz CT molecular complexity index is 787. The predicted octanol–water partition coefficient (Wildman–Crippen LogP) is 1.51. The Morgan fingerprint density at radius 2 is 1.91 bits per heavy atom. The molecule has 0 spiro atoms. The molecule has 1 heterocycles. The summed E-state index contributed by atoms with van der Waals surface area (Å²) in [5.41, 5.74) is -0.217. The first-order valence-electron chi connectivity index (χ1n) is 6.24. The van der Waals surface area contributed by atoms with Crippen molar-refractivity contribution < 1.29 is 24.0 Å². The number of nitrogens with zero attached hydrogens (tertiary/aromatic N) is 1.